The van der Waals surface area contributed by atoms with Crippen molar-refractivity contribution in [3.63, 3.8) is 0 Å². The minimum absolute atomic E-state index is 0.0232. The monoisotopic (exact) mass is 489 g/mol. The van der Waals surface area contributed by atoms with Gasteiger partial charge in [0.25, 0.3) is 0 Å². The Morgan fingerprint density at radius 1 is 0.784 bits per heavy atom. The molecule has 0 aliphatic rings. The molecule has 1 heterocycles. The molecule has 6 nitrogen and oxygen atoms in total. The van der Waals surface area contributed by atoms with Crippen molar-refractivity contribution in [2.75, 3.05) is 0 Å². The van der Waals surface area contributed by atoms with Gasteiger partial charge in [-0.25, -0.2) is 9.98 Å². The summed E-state index contributed by atoms with van der Waals surface area (Å²) < 4.78 is 1.45. The summed E-state index contributed by atoms with van der Waals surface area (Å²) in [7, 11) is 0. The minimum atomic E-state index is -1.22. The van der Waals surface area contributed by atoms with Crippen LogP contribution in [-0.2, 0) is 0 Å². The van der Waals surface area contributed by atoms with Gasteiger partial charge in [0.2, 0.25) is 11.6 Å². The van der Waals surface area contributed by atoms with Gasteiger partial charge >= 0.3 is 0 Å². The van der Waals surface area contributed by atoms with E-state index in [1.807, 2.05) is 32.9 Å². The third kappa shape index (κ3) is 5.95. The van der Waals surface area contributed by atoms with Crippen molar-refractivity contribution in [1.29, 1.82) is 0 Å². The topological polar surface area (TPSA) is 81.4 Å². The fraction of sp³-hybridized carbons (Fsp3) is 0.161. The highest BCUT2D eigenvalue weighted by molar-refractivity contribution is 6.19. The average molecular weight is 490 g/mol. The molecule has 0 fully saturated rings. The van der Waals surface area contributed by atoms with Crippen molar-refractivity contribution in [1.82, 2.24) is 9.55 Å². The van der Waals surface area contributed by atoms with Gasteiger partial charge in [-0.1, -0.05) is 91.0 Å². The summed E-state index contributed by atoms with van der Waals surface area (Å²) in [4.78, 5) is 50.1. The Hall–Kier alpha value is -4.67. The standard InChI is InChI=1S/C31H27N3O3/c1-31(2,3)33-21-25(27(35)22-13-7-4-8-14-22)26(28(36)23-15-9-5-10-16-23)34-20-19-32-30(34)29(37)24-17-11-6-12-18-24/h4-20,26H,1-3H3. The van der Waals surface area contributed by atoms with Gasteiger partial charge in [-0.2, -0.15) is 0 Å². The molecule has 184 valence electrons. The maximum absolute atomic E-state index is 14.0. The molecule has 0 aliphatic heterocycles. The number of aromatic nitrogens is 2. The van der Waals surface area contributed by atoms with Crippen LogP contribution in [0.25, 0.3) is 0 Å². The summed E-state index contributed by atoms with van der Waals surface area (Å²) in [6.07, 6.45) is 2.99. The van der Waals surface area contributed by atoms with Crippen molar-refractivity contribution in [2.45, 2.75) is 32.4 Å². The first-order valence-corrected chi connectivity index (χ1v) is 11.9. The Labute approximate surface area is 216 Å². The fourth-order valence-electron chi connectivity index (χ4n) is 3.78. The lowest BCUT2D eigenvalue weighted by Crippen LogP contribution is -2.29. The second kappa shape index (κ2) is 10.9. The smallest absolute Gasteiger partial charge is 0.228 e. The van der Waals surface area contributed by atoms with Gasteiger partial charge in [-0.05, 0) is 26.6 Å². The molecule has 4 aromatic rings. The Bertz CT molecular complexity index is 1470. The Balaban J connectivity index is 1.96. The van der Waals surface area contributed by atoms with Crippen LogP contribution in [0.4, 0.5) is 0 Å². The Morgan fingerprint density at radius 2 is 1.30 bits per heavy atom. The van der Waals surface area contributed by atoms with Crippen molar-refractivity contribution >= 4 is 23.2 Å². The molecule has 0 radical (unpaired) electrons. The molecule has 4 rings (SSSR count). The highest BCUT2D eigenvalue weighted by Gasteiger charge is 2.34. The average Bonchev–Trinajstić information content (AvgIpc) is 3.40. The number of allylic oxidation sites excluding steroid dienone is 1. The van der Waals surface area contributed by atoms with Crippen LogP contribution in [0.5, 0.6) is 0 Å². The molecule has 3 aromatic carbocycles. The summed E-state index contributed by atoms with van der Waals surface area (Å²) in [6, 6.07) is 24.8. The van der Waals surface area contributed by atoms with E-state index < -0.39 is 17.4 Å². The number of carbonyl (C=O) groups is 3. The van der Waals surface area contributed by atoms with E-state index in [1.165, 1.54) is 10.8 Å². The van der Waals surface area contributed by atoms with Gasteiger partial charge in [0.05, 0.1) is 11.1 Å². The Kier molecular flexibility index (Phi) is 7.52. The SMILES string of the molecule is CC(C)(C)N=C=C(C(=O)c1ccccc1)C(C(=O)c1ccccc1)n1ccnc1C(=O)c1ccccc1. The molecular formula is C31H27N3O3. The third-order valence-electron chi connectivity index (χ3n) is 5.56. The summed E-state index contributed by atoms with van der Waals surface area (Å²) in [5.41, 5.74) is 0.658. The lowest BCUT2D eigenvalue weighted by atomic mass is 9.91. The predicted octanol–water partition coefficient (Wildman–Crippen LogP) is 5.82. The highest BCUT2D eigenvalue weighted by Crippen LogP contribution is 2.27. The fourth-order valence-corrected chi connectivity index (χ4v) is 3.78. The number of nitrogens with zero attached hydrogens (tertiary/aromatic N) is 3. The number of benzene rings is 3. The highest BCUT2D eigenvalue weighted by atomic mass is 16.1. The van der Waals surface area contributed by atoms with E-state index in [9.17, 15) is 14.4 Å². The number of hydrogen-bond acceptors (Lipinski definition) is 5. The first-order valence-electron chi connectivity index (χ1n) is 11.9. The van der Waals surface area contributed by atoms with Crippen LogP contribution in [0.3, 0.4) is 0 Å². The van der Waals surface area contributed by atoms with Crippen molar-refractivity contribution in [3.8, 4) is 0 Å². The normalized spacial score (nSPS) is 11.8. The van der Waals surface area contributed by atoms with Crippen LogP contribution in [0, 0.1) is 0 Å². The van der Waals surface area contributed by atoms with E-state index >= 15 is 0 Å². The third-order valence-corrected chi connectivity index (χ3v) is 5.56. The summed E-state index contributed by atoms with van der Waals surface area (Å²) in [6.45, 7) is 5.63. The molecule has 37 heavy (non-hydrogen) atoms. The molecule has 0 N–H and O–H groups in total. The number of carbonyl (C=O) groups excluding carboxylic acids is 3. The minimum Gasteiger partial charge on any atom is -0.312 e. The zero-order valence-electron chi connectivity index (χ0n) is 21.0. The first kappa shape index (κ1) is 25.4. The molecule has 0 bridgehead atoms. The number of aliphatic imine (C=N–C) groups is 1. The molecular weight excluding hydrogens is 462 g/mol. The van der Waals surface area contributed by atoms with Crippen LogP contribution in [-0.4, -0.2) is 38.3 Å². The lowest BCUT2D eigenvalue weighted by Gasteiger charge is -2.21. The molecule has 0 amide bonds. The lowest BCUT2D eigenvalue weighted by molar-refractivity contribution is 0.0907. The molecule has 0 aliphatic carbocycles. The van der Waals surface area contributed by atoms with Crippen LogP contribution in [0.1, 0.15) is 63.7 Å². The maximum atomic E-state index is 14.0. The van der Waals surface area contributed by atoms with Gasteiger partial charge in [-0.15, -0.1) is 0 Å². The Morgan fingerprint density at radius 3 is 1.84 bits per heavy atom. The second-order valence-electron chi connectivity index (χ2n) is 9.49. The maximum Gasteiger partial charge on any atom is 0.228 e. The van der Waals surface area contributed by atoms with Gasteiger partial charge in [0.15, 0.2) is 11.6 Å². The van der Waals surface area contributed by atoms with E-state index in [1.54, 1.807) is 85.1 Å². The molecule has 0 saturated heterocycles. The number of rotatable bonds is 8. The zero-order chi connectivity index (χ0) is 26.4. The summed E-state index contributed by atoms with van der Waals surface area (Å²) >= 11 is 0. The van der Waals surface area contributed by atoms with Crippen molar-refractivity contribution in [3.05, 3.63) is 131 Å². The largest absolute Gasteiger partial charge is 0.312 e. The molecule has 0 saturated carbocycles. The number of hydrogen-bond donors (Lipinski definition) is 0. The summed E-state index contributed by atoms with van der Waals surface area (Å²) in [5.74, 6) is 1.80. The first-order chi connectivity index (χ1) is 17.8. The predicted molar refractivity (Wildman–Crippen MR) is 143 cm³/mol. The van der Waals surface area contributed by atoms with Crippen molar-refractivity contribution in [2.24, 2.45) is 4.99 Å². The molecule has 1 unspecified atom stereocenters. The second-order valence-corrected chi connectivity index (χ2v) is 9.49. The number of Topliss-reactive ketones (excluding diaryl/α,β-unsaturated/α-hetero) is 2. The van der Waals surface area contributed by atoms with Gasteiger partial charge in [0, 0.05) is 29.1 Å². The van der Waals surface area contributed by atoms with E-state index in [0.29, 0.717) is 16.7 Å². The molecule has 1 aromatic heterocycles. The quantitative estimate of drug-likeness (QED) is 0.178. The van der Waals surface area contributed by atoms with E-state index in [-0.39, 0.29) is 23.0 Å². The van der Waals surface area contributed by atoms with Gasteiger partial charge in [-0.3, -0.25) is 14.4 Å². The van der Waals surface area contributed by atoms with E-state index in [4.69, 9.17) is 0 Å². The van der Waals surface area contributed by atoms with Crippen molar-refractivity contribution < 1.29 is 14.4 Å². The van der Waals surface area contributed by atoms with Crippen LogP contribution < -0.4 is 0 Å². The van der Waals surface area contributed by atoms with E-state index in [2.05, 4.69) is 15.8 Å². The number of ketones is 3. The summed E-state index contributed by atoms with van der Waals surface area (Å²) in [5, 5.41) is 0. The van der Waals surface area contributed by atoms with Crippen LogP contribution in [0.15, 0.2) is 114 Å². The van der Waals surface area contributed by atoms with Crippen LogP contribution in [0.2, 0.25) is 0 Å². The molecule has 6 heteroatoms. The van der Waals surface area contributed by atoms with Crippen LogP contribution >= 0.6 is 0 Å². The zero-order valence-corrected chi connectivity index (χ0v) is 21.0. The van der Waals surface area contributed by atoms with Gasteiger partial charge < -0.3 is 4.57 Å². The van der Waals surface area contributed by atoms with E-state index in [0.717, 1.165) is 0 Å². The van der Waals surface area contributed by atoms with Gasteiger partial charge in [0.1, 0.15) is 6.04 Å². The molecule has 0 spiro atoms. The number of imidazole rings is 1. The molecule has 1 atom stereocenters.